The lowest BCUT2D eigenvalue weighted by molar-refractivity contribution is -0.136. The Morgan fingerprint density at radius 3 is 2.17 bits per heavy atom. The fourth-order valence-electron chi connectivity index (χ4n) is 2.01. The Morgan fingerprint density at radius 2 is 1.58 bits per heavy atom. The molecule has 0 spiro atoms. The molecule has 2 rings (SSSR count). The molecule has 0 saturated heterocycles. The second kappa shape index (κ2) is 8.06. The van der Waals surface area contributed by atoms with Gasteiger partial charge in [-0.3, -0.25) is 9.59 Å². The van der Waals surface area contributed by atoms with Gasteiger partial charge in [0.2, 0.25) is 0 Å². The highest BCUT2D eigenvalue weighted by atomic mass is 16.2. The van der Waals surface area contributed by atoms with E-state index in [1.165, 1.54) is 11.8 Å². The predicted octanol–water partition coefficient (Wildman–Crippen LogP) is 3.21. The fraction of sp³-hybridized carbons (Fsp3) is 0.211. The van der Waals surface area contributed by atoms with Crippen molar-refractivity contribution in [2.45, 2.75) is 26.7 Å². The predicted molar refractivity (Wildman–Crippen MR) is 96.1 cm³/mol. The molecule has 0 radical (unpaired) electrons. The first-order chi connectivity index (χ1) is 11.5. The van der Waals surface area contributed by atoms with Crippen molar-refractivity contribution >= 4 is 23.7 Å². The van der Waals surface area contributed by atoms with E-state index in [4.69, 9.17) is 0 Å². The largest absolute Gasteiger partial charge is 0.329 e. The second-order valence-electron chi connectivity index (χ2n) is 5.84. The van der Waals surface area contributed by atoms with Gasteiger partial charge in [0, 0.05) is 5.69 Å². The molecule has 24 heavy (non-hydrogen) atoms. The molecule has 0 bridgehead atoms. The molecule has 2 aromatic carbocycles. The first kappa shape index (κ1) is 17.4. The van der Waals surface area contributed by atoms with Gasteiger partial charge in [-0.05, 0) is 36.1 Å². The number of nitrogens with zero attached hydrogens (tertiary/aromatic N) is 1. The zero-order chi connectivity index (χ0) is 17.5. The smallest absolute Gasteiger partial charge is 0.318 e. The van der Waals surface area contributed by atoms with E-state index in [0.29, 0.717) is 11.6 Å². The molecular weight excluding hydrogens is 302 g/mol. The maximum absolute atomic E-state index is 11.8. The lowest BCUT2D eigenvalue weighted by atomic mass is 10.0. The number of amides is 2. The summed E-state index contributed by atoms with van der Waals surface area (Å²) in [6.07, 6.45) is 1.50. The van der Waals surface area contributed by atoms with Gasteiger partial charge in [-0.25, -0.2) is 5.43 Å². The SMILES string of the molecule is Cc1ccc(NC(=O)C(=O)NN=Cc2ccc(C(C)C)cc2)cc1. The summed E-state index contributed by atoms with van der Waals surface area (Å²) in [5.41, 5.74) is 5.93. The van der Waals surface area contributed by atoms with Crippen LogP contribution >= 0.6 is 0 Å². The Balaban J connectivity index is 1.87. The number of carbonyl (C=O) groups excluding carboxylic acids is 2. The Kier molecular flexibility index (Phi) is 5.84. The van der Waals surface area contributed by atoms with Crippen LogP contribution in [0.2, 0.25) is 0 Å². The standard InChI is InChI=1S/C19H21N3O2/c1-13(2)16-8-6-15(7-9-16)12-20-22-19(24)18(23)21-17-10-4-14(3)5-11-17/h4-13H,1-3H3,(H,21,23)(H,22,24). The number of hydrogen-bond acceptors (Lipinski definition) is 3. The number of benzene rings is 2. The van der Waals surface area contributed by atoms with E-state index in [-0.39, 0.29) is 0 Å². The van der Waals surface area contributed by atoms with Gasteiger partial charge in [0.1, 0.15) is 0 Å². The van der Waals surface area contributed by atoms with Crippen LogP contribution in [0, 0.1) is 6.92 Å². The average molecular weight is 323 g/mol. The summed E-state index contributed by atoms with van der Waals surface area (Å²) in [4.78, 5) is 23.5. The number of hydrazone groups is 1. The minimum atomic E-state index is -0.814. The van der Waals surface area contributed by atoms with Crippen molar-refractivity contribution < 1.29 is 9.59 Å². The molecule has 0 aliphatic heterocycles. The van der Waals surface area contributed by atoms with Gasteiger partial charge >= 0.3 is 11.8 Å². The quantitative estimate of drug-likeness (QED) is 0.515. The molecule has 5 nitrogen and oxygen atoms in total. The molecule has 5 heteroatoms. The van der Waals surface area contributed by atoms with Crippen molar-refractivity contribution in [3.8, 4) is 0 Å². The second-order valence-corrected chi connectivity index (χ2v) is 5.84. The number of hydrogen-bond donors (Lipinski definition) is 2. The highest BCUT2D eigenvalue weighted by Crippen LogP contribution is 2.13. The molecule has 0 aliphatic carbocycles. The molecule has 2 aromatic rings. The zero-order valence-corrected chi connectivity index (χ0v) is 14.0. The summed E-state index contributed by atoms with van der Waals surface area (Å²) in [5.74, 6) is -1.11. The van der Waals surface area contributed by atoms with E-state index >= 15 is 0 Å². The molecule has 2 amide bonds. The zero-order valence-electron chi connectivity index (χ0n) is 14.0. The third-order valence-electron chi connectivity index (χ3n) is 3.50. The highest BCUT2D eigenvalue weighted by molar-refractivity contribution is 6.39. The Morgan fingerprint density at radius 1 is 0.958 bits per heavy atom. The van der Waals surface area contributed by atoms with E-state index in [9.17, 15) is 9.59 Å². The van der Waals surface area contributed by atoms with Crippen molar-refractivity contribution in [1.29, 1.82) is 0 Å². The third kappa shape index (κ3) is 5.05. The van der Waals surface area contributed by atoms with Crippen LogP contribution in [0.1, 0.15) is 36.5 Å². The van der Waals surface area contributed by atoms with Gasteiger partial charge in [-0.2, -0.15) is 5.10 Å². The van der Waals surface area contributed by atoms with Gasteiger partial charge in [0.25, 0.3) is 0 Å². The summed E-state index contributed by atoms with van der Waals surface area (Å²) >= 11 is 0. The molecule has 2 N–H and O–H groups in total. The number of aryl methyl sites for hydroxylation is 1. The van der Waals surface area contributed by atoms with Crippen LogP contribution < -0.4 is 10.7 Å². The Labute approximate surface area is 141 Å². The molecule has 0 heterocycles. The van der Waals surface area contributed by atoms with E-state index < -0.39 is 11.8 Å². The monoisotopic (exact) mass is 323 g/mol. The Bertz CT molecular complexity index is 732. The lowest BCUT2D eigenvalue weighted by Gasteiger charge is -2.05. The maximum Gasteiger partial charge on any atom is 0.329 e. The highest BCUT2D eigenvalue weighted by Gasteiger charge is 2.12. The normalized spacial score (nSPS) is 10.8. The lowest BCUT2D eigenvalue weighted by Crippen LogP contribution is -2.32. The molecule has 0 fully saturated rings. The van der Waals surface area contributed by atoms with Crippen LogP contribution in [0.15, 0.2) is 53.6 Å². The number of carbonyl (C=O) groups is 2. The van der Waals surface area contributed by atoms with E-state index in [1.807, 2.05) is 43.3 Å². The van der Waals surface area contributed by atoms with Crippen LogP contribution in [0.3, 0.4) is 0 Å². The van der Waals surface area contributed by atoms with Gasteiger partial charge in [0.05, 0.1) is 6.21 Å². The first-order valence-corrected chi connectivity index (χ1v) is 7.76. The molecule has 0 aliphatic rings. The van der Waals surface area contributed by atoms with Gasteiger partial charge < -0.3 is 5.32 Å². The molecule has 0 unspecified atom stereocenters. The van der Waals surface area contributed by atoms with Crippen molar-refractivity contribution in [2.24, 2.45) is 5.10 Å². The first-order valence-electron chi connectivity index (χ1n) is 7.76. The molecule has 0 aromatic heterocycles. The number of rotatable bonds is 4. The van der Waals surface area contributed by atoms with Gasteiger partial charge in [-0.1, -0.05) is 55.8 Å². The minimum absolute atomic E-state index is 0.459. The summed E-state index contributed by atoms with van der Waals surface area (Å²) in [6, 6.07) is 15.0. The van der Waals surface area contributed by atoms with E-state index in [1.54, 1.807) is 12.1 Å². The number of anilines is 1. The summed E-state index contributed by atoms with van der Waals surface area (Å²) < 4.78 is 0. The molecule has 0 saturated carbocycles. The minimum Gasteiger partial charge on any atom is -0.318 e. The average Bonchev–Trinajstić information content (AvgIpc) is 2.57. The summed E-state index contributed by atoms with van der Waals surface area (Å²) in [6.45, 7) is 6.19. The van der Waals surface area contributed by atoms with Crippen molar-refractivity contribution in [2.75, 3.05) is 5.32 Å². The van der Waals surface area contributed by atoms with E-state index in [2.05, 4.69) is 29.7 Å². The summed E-state index contributed by atoms with van der Waals surface area (Å²) in [7, 11) is 0. The van der Waals surface area contributed by atoms with Crippen molar-refractivity contribution in [1.82, 2.24) is 5.43 Å². The van der Waals surface area contributed by atoms with E-state index in [0.717, 1.165) is 11.1 Å². The third-order valence-corrected chi connectivity index (χ3v) is 3.50. The van der Waals surface area contributed by atoms with Crippen LogP contribution in [0.25, 0.3) is 0 Å². The topological polar surface area (TPSA) is 70.6 Å². The van der Waals surface area contributed by atoms with Crippen molar-refractivity contribution in [3.05, 3.63) is 65.2 Å². The van der Waals surface area contributed by atoms with Crippen LogP contribution in [0.5, 0.6) is 0 Å². The molecule has 124 valence electrons. The van der Waals surface area contributed by atoms with Gasteiger partial charge in [0.15, 0.2) is 0 Å². The van der Waals surface area contributed by atoms with Crippen LogP contribution in [-0.2, 0) is 9.59 Å². The van der Waals surface area contributed by atoms with Gasteiger partial charge in [-0.15, -0.1) is 0 Å². The Hall–Kier alpha value is -2.95. The fourth-order valence-corrected chi connectivity index (χ4v) is 2.01. The summed E-state index contributed by atoms with van der Waals surface area (Å²) in [5, 5.41) is 6.32. The maximum atomic E-state index is 11.8. The molecule has 0 atom stereocenters. The number of nitrogens with one attached hydrogen (secondary N) is 2. The van der Waals surface area contributed by atoms with Crippen LogP contribution in [0.4, 0.5) is 5.69 Å². The molecular formula is C19H21N3O2. The van der Waals surface area contributed by atoms with Crippen molar-refractivity contribution in [3.63, 3.8) is 0 Å². The van der Waals surface area contributed by atoms with Crippen LogP contribution in [-0.4, -0.2) is 18.0 Å².